The van der Waals surface area contributed by atoms with E-state index in [4.69, 9.17) is 16.3 Å². The van der Waals surface area contributed by atoms with E-state index in [0.29, 0.717) is 28.4 Å². The van der Waals surface area contributed by atoms with E-state index in [1.165, 1.54) is 4.31 Å². The number of carbonyl (C=O) groups is 2. The van der Waals surface area contributed by atoms with Crippen molar-refractivity contribution in [3.8, 4) is 5.75 Å². The first kappa shape index (κ1) is 30.8. The van der Waals surface area contributed by atoms with Gasteiger partial charge in [-0.25, -0.2) is 8.42 Å². The number of anilines is 1. The molecular weight excluding hydrogens is 538 g/mol. The Morgan fingerprint density at radius 1 is 1.13 bits per heavy atom. The fraction of sp³-hybridized carbons (Fsp3) is 0.517. The molecule has 0 aromatic heterocycles. The highest BCUT2D eigenvalue weighted by Crippen LogP contribution is 2.29. The fourth-order valence-electron chi connectivity index (χ4n) is 5.06. The monoisotopic (exact) mass is 577 g/mol. The molecule has 0 bridgehead atoms. The second-order valence-electron chi connectivity index (χ2n) is 10.1. The topological polar surface area (TPSA) is 96.0 Å². The Balaban J connectivity index is 1.78. The highest BCUT2D eigenvalue weighted by Gasteiger charge is 2.31. The predicted octanol–water partition coefficient (Wildman–Crippen LogP) is 5.07. The molecule has 1 atom stereocenters. The summed E-state index contributed by atoms with van der Waals surface area (Å²) in [7, 11) is -2.01. The second-order valence-corrected chi connectivity index (χ2v) is 12.4. The molecule has 2 amide bonds. The number of nitrogens with one attached hydrogen (secondary N) is 1. The molecule has 0 heterocycles. The summed E-state index contributed by atoms with van der Waals surface area (Å²) in [6.45, 7) is 4.06. The standard InChI is InChI=1S/C29H40ClN3O5S/c1-5-26(29(35)31-23-10-6-7-11-23)32(20-22-15-17-24(38-3)18-16-22)28(34)14-9-19-33(39(4,36)37)27-13-8-12-25(30)21(27)2/h8,12-13,15-18,23,26H,5-7,9-11,14,19-20H2,1-4H3,(H,31,35)/t26-/m1/s1. The van der Waals surface area contributed by atoms with Crippen LogP contribution in [0.4, 0.5) is 5.69 Å². The SMILES string of the molecule is CC[C@H](C(=O)NC1CCCC1)N(Cc1ccc(OC)cc1)C(=O)CCCN(c1cccc(Cl)c1C)S(C)(=O)=O. The highest BCUT2D eigenvalue weighted by molar-refractivity contribution is 7.92. The van der Waals surface area contributed by atoms with Crippen LogP contribution in [0, 0.1) is 6.92 Å². The zero-order valence-electron chi connectivity index (χ0n) is 23.3. The van der Waals surface area contributed by atoms with Gasteiger partial charge in [-0.3, -0.25) is 13.9 Å². The molecule has 2 aromatic carbocycles. The lowest BCUT2D eigenvalue weighted by Gasteiger charge is -2.32. The van der Waals surface area contributed by atoms with Gasteiger partial charge < -0.3 is 15.0 Å². The predicted molar refractivity (Wildman–Crippen MR) is 156 cm³/mol. The Morgan fingerprint density at radius 3 is 2.38 bits per heavy atom. The Morgan fingerprint density at radius 2 is 1.79 bits per heavy atom. The molecule has 1 saturated carbocycles. The van der Waals surface area contributed by atoms with Crippen LogP contribution < -0.4 is 14.4 Å². The van der Waals surface area contributed by atoms with Gasteiger partial charge in [0.15, 0.2) is 0 Å². The Hall–Kier alpha value is -2.78. The van der Waals surface area contributed by atoms with Crippen LogP contribution in [0.15, 0.2) is 42.5 Å². The number of halogens is 1. The van der Waals surface area contributed by atoms with Gasteiger partial charge in [-0.05, 0) is 68.0 Å². The first-order valence-corrected chi connectivity index (χ1v) is 15.7. The summed E-state index contributed by atoms with van der Waals surface area (Å²) in [6, 6.07) is 12.1. The molecule has 1 aliphatic carbocycles. The van der Waals surface area contributed by atoms with E-state index in [-0.39, 0.29) is 43.8 Å². The number of hydrogen-bond donors (Lipinski definition) is 1. The molecule has 1 aliphatic rings. The zero-order chi connectivity index (χ0) is 28.6. The van der Waals surface area contributed by atoms with Gasteiger partial charge >= 0.3 is 0 Å². The molecule has 0 spiro atoms. The van der Waals surface area contributed by atoms with Crippen molar-refractivity contribution in [2.45, 2.75) is 77.4 Å². The summed E-state index contributed by atoms with van der Waals surface area (Å²) < 4.78 is 31.8. The van der Waals surface area contributed by atoms with Crippen LogP contribution in [-0.4, -0.2) is 57.1 Å². The normalized spacial score (nSPS) is 14.6. The summed E-state index contributed by atoms with van der Waals surface area (Å²) in [4.78, 5) is 28.6. The smallest absolute Gasteiger partial charge is 0.243 e. The Kier molecular flexibility index (Phi) is 11.1. The van der Waals surface area contributed by atoms with E-state index in [2.05, 4.69) is 5.32 Å². The molecule has 214 valence electrons. The molecule has 0 saturated heterocycles. The maximum absolute atomic E-state index is 13.6. The average molecular weight is 578 g/mol. The maximum atomic E-state index is 13.6. The van der Waals surface area contributed by atoms with Crippen molar-refractivity contribution in [2.24, 2.45) is 0 Å². The summed E-state index contributed by atoms with van der Waals surface area (Å²) in [5.41, 5.74) is 2.03. The molecule has 10 heteroatoms. The van der Waals surface area contributed by atoms with E-state index >= 15 is 0 Å². The van der Waals surface area contributed by atoms with Crippen LogP contribution >= 0.6 is 11.6 Å². The van der Waals surface area contributed by atoms with Gasteiger partial charge in [-0.15, -0.1) is 0 Å². The van der Waals surface area contributed by atoms with E-state index in [1.807, 2.05) is 31.2 Å². The maximum Gasteiger partial charge on any atom is 0.243 e. The summed E-state index contributed by atoms with van der Waals surface area (Å²) in [5.74, 6) is 0.369. The molecule has 0 unspecified atom stereocenters. The third-order valence-corrected chi connectivity index (χ3v) is 8.85. The van der Waals surface area contributed by atoms with Crippen molar-refractivity contribution in [3.63, 3.8) is 0 Å². The molecule has 0 aliphatic heterocycles. The van der Waals surface area contributed by atoms with Crippen molar-refractivity contribution in [1.82, 2.24) is 10.2 Å². The van der Waals surface area contributed by atoms with Gasteiger partial charge in [0, 0.05) is 30.6 Å². The van der Waals surface area contributed by atoms with E-state index < -0.39 is 16.1 Å². The minimum absolute atomic E-state index is 0.0923. The lowest BCUT2D eigenvalue weighted by Crippen LogP contribution is -2.51. The van der Waals surface area contributed by atoms with Crippen LogP contribution in [0.1, 0.15) is 63.0 Å². The molecule has 1 fully saturated rings. The first-order chi connectivity index (χ1) is 18.5. The van der Waals surface area contributed by atoms with Crippen molar-refractivity contribution in [3.05, 3.63) is 58.6 Å². The number of hydrogen-bond acceptors (Lipinski definition) is 5. The number of benzene rings is 2. The largest absolute Gasteiger partial charge is 0.497 e. The number of carbonyl (C=O) groups excluding carboxylic acids is 2. The Bertz CT molecular complexity index is 1230. The first-order valence-electron chi connectivity index (χ1n) is 13.5. The summed E-state index contributed by atoms with van der Waals surface area (Å²) >= 11 is 6.24. The van der Waals surface area contributed by atoms with Gasteiger partial charge in [-0.1, -0.05) is 49.6 Å². The van der Waals surface area contributed by atoms with Crippen LogP contribution in [0.5, 0.6) is 5.75 Å². The lowest BCUT2D eigenvalue weighted by molar-refractivity contribution is -0.141. The molecule has 8 nitrogen and oxygen atoms in total. The van der Waals surface area contributed by atoms with E-state index in [1.54, 1.807) is 37.1 Å². The minimum atomic E-state index is -3.60. The van der Waals surface area contributed by atoms with Gasteiger partial charge in [-0.2, -0.15) is 0 Å². The van der Waals surface area contributed by atoms with Crippen LogP contribution in [-0.2, 0) is 26.2 Å². The third kappa shape index (κ3) is 8.35. The minimum Gasteiger partial charge on any atom is -0.497 e. The Labute approximate surface area is 237 Å². The molecule has 39 heavy (non-hydrogen) atoms. The molecule has 1 N–H and O–H groups in total. The number of sulfonamides is 1. The second kappa shape index (κ2) is 14.0. The van der Waals surface area contributed by atoms with Crippen LogP contribution in [0.2, 0.25) is 5.02 Å². The average Bonchev–Trinajstić information content (AvgIpc) is 3.41. The van der Waals surface area contributed by atoms with Crippen molar-refractivity contribution < 1.29 is 22.7 Å². The fourth-order valence-corrected chi connectivity index (χ4v) is 6.25. The van der Waals surface area contributed by atoms with Crippen LogP contribution in [0.3, 0.4) is 0 Å². The van der Waals surface area contributed by atoms with Crippen molar-refractivity contribution >= 4 is 39.1 Å². The number of rotatable bonds is 13. The number of nitrogens with zero attached hydrogens (tertiary/aromatic N) is 2. The van der Waals surface area contributed by atoms with Crippen molar-refractivity contribution in [1.29, 1.82) is 0 Å². The zero-order valence-corrected chi connectivity index (χ0v) is 24.9. The van der Waals surface area contributed by atoms with Crippen molar-refractivity contribution in [2.75, 3.05) is 24.2 Å². The van der Waals surface area contributed by atoms with Gasteiger partial charge in [0.05, 0.1) is 19.1 Å². The quantitative estimate of drug-likeness (QED) is 0.358. The molecule has 0 radical (unpaired) electrons. The molecule has 2 aromatic rings. The van der Waals surface area contributed by atoms with Crippen LogP contribution in [0.25, 0.3) is 0 Å². The van der Waals surface area contributed by atoms with Gasteiger partial charge in [0.1, 0.15) is 11.8 Å². The number of amides is 2. The summed E-state index contributed by atoms with van der Waals surface area (Å²) in [6.07, 6.45) is 6.10. The molecular formula is C29H40ClN3O5S. The summed E-state index contributed by atoms with van der Waals surface area (Å²) in [5, 5.41) is 3.62. The lowest BCUT2D eigenvalue weighted by atomic mass is 10.1. The van der Waals surface area contributed by atoms with E-state index in [9.17, 15) is 18.0 Å². The van der Waals surface area contributed by atoms with E-state index in [0.717, 1.165) is 37.5 Å². The number of methoxy groups -OCH3 is 1. The third-order valence-electron chi connectivity index (χ3n) is 7.26. The number of ether oxygens (including phenoxy) is 1. The van der Waals surface area contributed by atoms with Gasteiger partial charge in [0.25, 0.3) is 0 Å². The molecule has 3 rings (SSSR count). The highest BCUT2D eigenvalue weighted by atomic mass is 35.5. The van der Waals surface area contributed by atoms with Gasteiger partial charge in [0.2, 0.25) is 21.8 Å².